The van der Waals surface area contributed by atoms with Crippen LogP contribution in [-0.4, -0.2) is 0 Å². The maximum absolute atomic E-state index is 9.35. The molecule has 0 saturated carbocycles. The van der Waals surface area contributed by atoms with Crippen LogP contribution in [0.2, 0.25) is 25.1 Å². The van der Waals surface area contributed by atoms with E-state index in [0.29, 0.717) is 21.2 Å². The highest BCUT2D eigenvalue weighted by Crippen LogP contribution is 2.45. The molecule has 0 aliphatic rings. The minimum absolute atomic E-state index is 0.0128. The number of hydrogen-bond donors (Lipinski definition) is 0. The molecule has 0 spiro atoms. The summed E-state index contributed by atoms with van der Waals surface area (Å²) in [5.74, 6) is 0. The van der Waals surface area contributed by atoms with E-state index in [2.05, 4.69) is 4.85 Å². The van der Waals surface area contributed by atoms with Gasteiger partial charge in [0.2, 0.25) is 5.69 Å². The number of benzene rings is 2. The minimum atomic E-state index is -0.0427. The zero-order chi connectivity index (χ0) is 16.4. The van der Waals surface area contributed by atoms with Crippen molar-refractivity contribution in [1.82, 2.24) is 0 Å². The third kappa shape index (κ3) is 2.99. The zero-order valence-corrected chi connectivity index (χ0v) is 14.5. The largest absolute Gasteiger partial charge is 0.235 e. The van der Waals surface area contributed by atoms with Crippen molar-refractivity contribution in [3.05, 3.63) is 71.4 Å². The average Bonchev–Trinajstić information content (AvgIpc) is 2.48. The van der Waals surface area contributed by atoms with E-state index in [9.17, 15) is 5.26 Å². The van der Waals surface area contributed by atoms with E-state index in [4.69, 9.17) is 64.6 Å². The third-order valence-electron chi connectivity index (χ3n) is 3.03. The van der Waals surface area contributed by atoms with Crippen molar-refractivity contribution in [3.63, 3.8) is 0 Å². The Hall–Kier alpha value is -1.13. The Morgan fingerprint density at radius 1 is 0.955 bits per heavy atom. The summed E-state index contributed by atoms with van der Waals surface area (Å²) in [4.78, 5) is 3.22. The van der Waals surface area contributed by atoms with Crippen LogP contribution >= 0.6 is 58.0 Å². The lowest BCUT2D eigenvalue weighted by molar-refractivity contribution is 1.18. The molecule has 0 bridgehead atoms. The molecule has 0 unspecified atom stereocenters. The fourth-order valence-corrected chi connectivity index (χ4v) is 3.33. The quantitative estimate of drug-likeness (QED) is 0.402. The fraction of sp³-hybridized carbons (Fsp3) is 0.0667. The van der Waals surface area contributed by atoms with Crippen LogP contribution in [-0.2, 0) is 6.42 Å². The van der Waals surface area contributed by atoms with Gasteiger partial charge in [-0.05, 0) is 23.3 Å². The first-order valence-corrected chi connectivity index (χ1v) is 7.71. The molecular weight excluding hydrogens is 385 g/mol. The van der Waals surface area contributed by atoms with Crippen LogP contribution in [0.3, 0.4) is 0 Å². The van der Waals surface area contributed by atoms with Gasteiger partial charge in [0.25, 0.3) is 0 Å². The van der Waals surface area contributed by atoms with Gasteiger partial charge in [0.15, 0.2) is 0 Å². The van der Waals surface area contributed by atoms with Gasteiger partial charge in [-0.2, -0.15) is 5.26 Å². The molecule has 0 atom stereocenters. The standard InChI is InChI=1S/C15H5Cl5N2/c1-22-15-13(19)9(6-21)7(12(18)14(15)20)5-8-10(16)3-2-4-11(8)17/h2-4H,5H2. The van der Waals surface area contributed by atoms with Crippen molar-refractivity contribution in [1.29, 1.82) is 5.26 Å². The highest BCUT2D eigenvalue weighted by atomic mass is 35.5. The summed E-state index contributed by atoms with van der Waals surface area (Å²) >= 11 is 30.7. The predicted molar refractivity (Wildman–Crippen MR) is 91.7 cm³/mol. The first kappa shape index (κ1) is 17.2. The topological polar surface area (TPSA) is 28.1 Å². The van der Waals surface area contributed by atoms with Gasteiger partial charge in [0.1, 0.15) is 0 Å². The van der Waals surface area contributed by atoms with E-state index in [1.54, 1.807) is 18.2 Å². The highest BCUT2D eigenvalue weighted by molar-refractivity contribution is 6.47. The van der Waals surface area contributed by atoms with Gasteiger partial charge in [0, 0.05) is 16.5 Å². The van der Waals surface area contributed by atoms with Crippen molar-refractivity contribution in [2.75, 3.05) is 0 Å². The second kappa shape index (κ2) is 6.97. The highest BCUT2D eigenvalue weighted by Gasteiger charge is 2.22. The first-order valence-electron chi connectivity index (χ1n) is 5.82. The molecule has 110 valence electrons. The molecule has 2 aromatic carbocycles. The Morgan fingerprint density at radius 2 is 1.55 bits per heavy atom. The summed E-state index contributed by atoms with van der Waals surface area (Å²) in [6, 6.07) is 7.03. The number of hydrogen-bond acceptors (Lipinski definition) is 1. The summed E-state index contributed by atoms with van der Waals surface area (Å²) in [7, 11) is 0. The fourth-order valence-electron chi connectivity index (χ4n) is 1.95. The molecule has 0 aromatic heterocycles. The molecular formula is C15H5Cl5N2. The van der Waals surface area contributed by atoms with Crippen LogP contribution in [0.5, 0.6) is 0 Å². The average molecular weight is 390 g/mol. The van der Waals surface area contributed by atoms with Gasteiger partial charge in [-0.25, -0.2) is 4.85 Å². The smallest absolute Gasteiger partial charge is 0.226 e. The van der Waals surface area contributed by atoms with Crippen LogP contribution in [0.15, 0.2) is 18.2 Å². The monoisotopic (exact) mass is 388 g/mol. The maximum atomic E-state index is 9.35. The van der Waals surface area contributed by atoms with Crippen LogP contribution in [0, 0.1) is 17.9 Å². The SMILES string of the molecule is [C-]#[N+]c1c(Cl)c(Cl)c(Cc2c(Cl)cccc2Cl)c(C#N)c1Cl. The lowest BCUT2D eigenvalue weighted by atomic mass is 9.99. The normalized spacial score (nSPS) is 10.1. The maximum Gasteiger partial charge on any atom is 0.226 e. The van der Waals surface area contributed by atoms with E-state index in [0.717, 1.165) is 0 Å². The molecule has 2 aromatic rings. The van der Waals surface area contributed by atoms with Crippen LogP contribution < -0.4 is 0 Å². The molecule has 0 amide bonds. The van der Waals surface area contributed by atoms with Crippen LogP contribution in [0.25, 0.3) is 4.85 Å². The lowest BCUT2D eigenvalue weighted by Gasteiger charge is -2.14. The molecule has 7 heteroatoms. The molecule has 0 saturated heterocycles. The zero-order valence-electron chi connectivity index (χ0n) is 10.7. The summed E-state index contributed by atoms with van der Waals surface area (Å²) < 4.78 is 0. The van der Waals surface area contributed by atoms with Gasteiger partial charge in [-0.1, -0.05) is 64.1 Å². The Morgan fingerprint density at radius 3 is 2.05 bits per heavy atom. The third-order valence-corrected chi connectivity index (χ3v) is 4.99. The molecule has 0 radical (unpaired) electrons. The van der Waals surface area contributed by atoms with Gasteiger partial charge in [-0.3, -0.25) is 0 Å². The number of halogens is 5. The molecule has 0 aliphatic heterocycles. The van der Waals surface area contributed by atoms with Gasteiger partial charge < -0.3 is 0 Å². The Labute approximate surface area is 152 Å². The predicted octanol–water partition coefficient (Wildman–Crippen LogP) is 6.97. The van der Waals surface area contributed by atoms with Crippen molar-refractivity contribution in [3.8, 4) is 6.07 Å². The van der Waals surface area contributed by atoms with E-state index >= 15 is 0 Å². The van der Waals surface area contributed by atoms with Crippen molar-refractivity contribution < 1.29 is 0 Å². The van der Waals surface area contributed by atoms with Gasteiger partial charge in [0.05, 0.1) is 33.3 Å². The van der Waals surface area contributed by atoms with Gasteiger partial charge >= 0.3 is 0 Å². The second-order valence-corrected chi connectivity index (χ2v) is 6.19. The molecule has 0 fully saturated rings. The number of nitriles is 1. The van der Waals surface area contributed by atoms with E-state index in [-0.39, 0.29) is 32.7 Å². The molecule has 0 N–H and O–H groups in total. The molecule has 0 aliphatic carbocycles. The summed E-state index contributed by atoms with van der Waals surface area (Å²) in [5.41, 5.74) is 1.05. The molecule has 2 nitrogen and oxygen atoms in total. The second-order valence-electron chi connectivity index (χ2n) is 4.24. The van der Waals surface area contributed by atoms with Crippen LogP contribution in [0.4, 0.5) is 5.69 Å². The van der Waals surface area contributed by atoms with E-state index in [1.807, 2.05) is 6.07 Å². The van der Waals surface area contributed by atoms with E-state index < -0.39 is 0 Å². The first-order chi connectivity index (χ1) is 10.4. The van der Waals surface area contributed by atoms with E-state index in [1.165, 1.54) is 0 Å². The van der Waals surface area contributed by atoms with Crippen molar-refractivity contribution in [2.24, 2.45) is 0 Å². The van der Waals surface area contributed by atoms with Crippen LogP contribution in [0.1, 0.15) is 16.7 Å². The molecule has 0 heterocycles. The van der Waals surface area contributed by atoms with Gasteiger partial charge in [-0.15, -0.1) is 0 Å². The summed E-state index contributed by atoms with van der Waals surface area (Å²) in [6.07, 6.45) is 0.179. The Balaban J connectivity index is 2.72. The number of nitrogens with zero attached hydrogens (tertiary/aromatic N) is 2. The summed E-state index contributed by atoms with van der Waals surface area (Å²) in [5, 5.41) is 10.3. The Bertz CT molecular complexity index is 826. The Kier molecular flexibility index (Phi) is 5.45. The number of rotatable bonds is 2. The summed E-state index contributed by atoms with van der Waals surface area (Å²) in [6.45, 7) is 7.10. The minimum Gasteiger partial charge on any atom is -0.235 e. The van der Waals surface area contributed by atoms with Crippen molar-refractivity contribution in [2.45, 2.75) is 6.42 Å². The molecule has 2 rings (SSSR count). The lowest BCUT2D eigenvalue weighted by Crippen LogP contribution is -1.98. The molecule has 22 heavy (non-hydrogen) atoms. The van der Waals surface area contributed by atoms with Crippen molar-refractivity contribution >= 4 is 63.7 Å².